The lowest BCUT2D eigenvalue weighted by atomic mass is 9.93. The van der Waals surface area contributed by atoms with Gasteiger partial charge in [-0.05, 0) is 24.6 Å². The first-order valence-corrected chi connectivity index (χ1v) is 10.9. The number of benzene rings is 1. The number of hydrazine groups is 1. The van der Waals surface area contributed by atoms with Crippen molar-refractivity contribution in [3.8, 4) is 0 Å². The number of hydrogen-bond acceptors (Lipinski definition) is 6. The highest BCUT2D eigenvalue weighted by atomic mass is 35.5. The zero-order valence-corrected chi connectivity index (χ0v) is 18.5. The van der Waals surface area contributed by atoms with Crippen molar-refractivity contribution in [2.45, 2.75) is 32.7 Å². The lowest BCUT2D eigenvalue weighted by Crippen LogP contribution is -2.51. The molecule has 8 heteroatoms. The molecular formula is C22H29ClN6O. The van der Waals surface area contributed by atoms with Gasteiger partial charge in [0.1, 0.15) is 11.6 Å². The quantitative estimate of drug-likeness (QED) is 0.780. The SMILES string of the molecule is Cc1cc(N2CCN(C(=O)C3CNNC3c3ccc(Cl)cc3)CC2)nc(C(C)C)n1. The Bertz CT molecular complexity index is 895. The summed E-state index contributed by atoms with van der Waals surface area (Å²) >= 11 is 6.02. The van der Waals surface area contributed by atoms with Crippen LogP contribution in [0.5, 0.6) is 0 Å². The van der Waals surface area contributed by atoms with Crippen molar-refractivity contribution in [2.24, 2.45) is 5.92 Å². The van der Waals surface area contributed by atoms with Crippen molar-refractivity contribution in [3.05, 3.63) is 52.4 Å². The molecule has 1 amide bonds. The molecule has 2 saturated heterocycles. The third-order valence-corrected chi connectivity index (χ3v) is 6.07. The fourth-order valence-electron chi connectivity index (χ4n) is 4.10. The van der Waals surface area contributed by atoms with Crippen LogP contribution in [0.3, 0.4) is 0 Å². The minimum Gasteiger partial charge on any atom is -0.353 e. The zero-order chi connectivity index (χ0) is 21.3. The molecule has 2 aliphatic rings. The Balaban J connectivity index is 1.41. The molecular weight excluding hydrogens is 400 g/mol. The molecule has 2 aliphatic heterocycles. The molecule has 7 nitrogen and oxygen atoms in total. The van der Waals surface area contributed by atoms with Crippen molar-refractivity contribution in [1.29, 1.82) is 0 Å². The maximum absolute atomic E-state index is 13.3. The Morgan fingerprint density at radius 1 is 1.13 bits per heavy atom. The molecule has 0 spiro atoms. The number of nitrogens with zero attached hydrogens (tertiary/aromatic N) is 4. The number of carbonyl (C=O) groups is 1. The Morgan fingerprint density at radius 2 is 1.83 bits per heavy atom. The predicted octanol–water partition coefficient (Wildman–Crippen LogP) is 2.68. The maximum atomic E-state index is 13.3. The van der Waals surface area contributed by atoms with Gasteiger partial charge in [-0.3, -0.25) is 10.2 Å². The Kier molecular flexibility index (Phi) is 6.22. The number of aromatic nitrogens is 2. The van der Waals surface area contributed by atoms with Crippen LogP contribution in [0.15, 0.2) is 30.3 Å². The van der Waals surface area contributed by atoms with E-state index < -0.39 is 0 Å². The van der Waals surface area contributed by atoms with E-state index in [1.165, 1.54) is 0 Å². The minimum absolute atomic E-state index is 0.0501. The summed E-state index contributed by atoms with van der Waals surface area (Å²) in [6.45, 7) is 9.79. The fraction of sp³-hybridized carbons (Fsp3) is 0.500. The number of amides is 1. The summed E-state index contributed by atoms with van der Waals surface area (Å²) < 4.78 is 0. The van der Waals surface area contributed by atoms with Crippen LogP contribution in [-0.2, 0) is 4.79 Å². The lowest BCUT2D eigenvalue weighted by molar-refractivity contribution is -0.135. The normalized spacial score (nSPS) is 22.0. The van der Waals surface area contributed by atoms with Crippen molar-refractivity contribution in [3.63, 3.8) is 0 Å². The first kappa shape index (κ1) is 21.0. The van der Waals surface area contributed by atoms with Gasteiger partial charge in [-0.15, -0.1) is 0 Å². The number of rotatable bonds is 4. The average molecular weight is 429 g/mol. The van der Waals surface area contributed by atoms with Crippen LogP contribution in [0, 0.1) is 12.8 Å². The Hall–Kier alpha value is -2.22. The summed E-state index contributed by atoms with van der Waals surface area (Å²) in [6.07, 6.45) is 0. The summed E-state index contributed by atoms with van der Waals surface area (Å²) in [4.78, 5) is 26.8. The summed E-state index contributed by atoms with van der Waals surface area (Å²) in [6, 6.07) is 9.68. The highest BCUT2D eigenvalue weighted by molar-refractivity contribution is 6.30. The van der Waals surface area contributed by atoms with Gasteiger partial charge >= 0.3 is 0 Å². The standard InChI is InChI=1S/C22H29ClN6O/c1-14(2)21-25-15(3)12-19(26-21)28-8-10-29(11-9-28)22(30)18-13-24-27-20(18)16-4-6-17(23)7-5-16/h4-7,12,14,18,20,24,27H,8-11,13H2,1-3H3. The number of piperazine rings is 1. The molecule has 2 atom stereocenters. The highest BCUT2D eigenvalue weighted by Gasteiger charge is 2.37. The Labute approximate surface area is 182 Å². The van der Waals surface area contributed by atoms with Crippen LogP contribution in [0.4, 0.5) is 5.82 Å². The molecule has 2 aromatic rings. The summed E-state index contributed by atoms with van der Waals surface area (Å²) in [5.74, 6) is 2.18. The van der Waals surface area contributed by atoms with Gasteiger partial charge in [-0.1, -0.05) is 37.6 Å². The smallest absolute Gasteiger partial charge is 0.229 e. The van der Waals surface area contributed by atoms with E-state index in [1.54, 1.807) is 0 Å². The number of halogens is 1. The summed E-state index contributed by atoms with van der Waals surface area (Å²) in [5, 5.41) is 0.698. The molecule has 3 heterocycles. The van der Waals surface area contributed by atoms with Crippen molar-refractivity contribution in [1.82, 2.24) is 25.7 Å². The molecule has 0 aliphatic carbocycles. The van der Waals surface area contributed by atoms with E-state index in [0.717, 1.165) is 36.0 Å². The molecule has 1 aromatic carbocycles. The van der Waals surface area contributed by atoms with E-state index in [2.05, 4.69) is 34.6 Å². The van der Waals surface area contributed by atoms with E-state index in [0.29, 0.717) is 30.6 Å². The first-order chi connectivity index (χ1) is 14.4. The molecule has 0 bridgehead atoms. The first-order valence-electron chi connectivity index (χ1n) is 10.6. The number of hydrogen-bond donors (Lipinski definition) is 2. The Morgan fingerprint density at radius 3 is 2.50 bits per heavy atom. The number of carbonyl (C=O) groups excluding carboxylic acids is 1. The van der Waals surface area contributed by atoms with E-state index in [4.69, 9.17) is 16.6 Å². The van der Waals surface area contributed by atoms with Gasteiger partial charge in [-0.2, -0.15) is 0 Å². The van der Waals surface area contributed by atoms with Crippen LogP contribution in [-0.4, -0.2) is 53.5 Å². The van der Waals surface area contributed by atoms with Crippen LogP contribution in [0.25, 0.3) is 0 Å². The lowest BCUT2D eigenvalue weighted by Gasteiger charge is -2.37. The van der Waals surface area contributed by atoms with Gasteiger partial charge in [-0.25, -0.2) is 15.4 Å². The fourth-order valence-corrected chi connectivity index (χ4v) is 4.22. The molecule has 0 radical (unpaired) electrons. The molecule has 4 rings (SSSR count). The topological polar surface area (TPSA) is 73.4 Å². The molecule has 30 heavy (non-hydrogen) atoms. The van der Waals surface area contributed by atoms with Crippen LogP contribution in [0.2, 0.25) is 5.02 Å². The maximum Gasteiger partial charge on any atom is 0.229 e. The average Bonchev–Trinajstić information content (AvgIpc) is 3.23. The van der Waals surface area contributed by atoms with Crippen LogP contribution < -0.4 is 15.8 Å². The third-order valence-electron chi connectivity index (χ3n) is 5.82. The van der Waals surface area contributed by atoms with Gasteiger partial charge in [0.05, 0.1) is 12.0 Å². The van der Waals surface area contributed by atoms with Crippen LogP contribution >= 0.6 is 11.6 Å². The van der Waals surface area contributed by atoms with Gasteiger partial charge in [0, 0.05) is 55.4 Å². The predicted molar refractivity (Wildman–Crippen MR) is 118 cm³/mol. The van der Waals surface area contributed by atoms with E-state index in [1.807, 2.05) is 42.2 Å². The van der Waals surface area contributed by atoms with Crippen molar-refractivity contribution >= 4 is 23.3 Å². The monoisotopic (exact) mass is 428 g/mol. The van der Waals surface area contributed by atoms with Gasteiger partial charge in [0.2, 0.25) is 5.91 Å². The van der Waals surface area contributed by atoms with Gasteiger partial charge in [0.25, 0.3) is 0 Å². The number of nitrogens with one attached hydrogen (secondary N) is 2. The zero-order valence-electron chi connectivity index (χ0n) is 17.7. The number of aryl methyl sites for hydroxylation is 1. The summed E-state index contributed by atoms with van der Waals surface area (Å²) in [7, 11) is 0. The van der Waals surface area contributed by atoms with Gasteiger partial charge in [0.15, 0.2) is 0 Å². The molecule has 2 fully saturated rings. The summed E-state index contributed by atoms with van der Waals surface area (Å²) in [5.41, 5.74) is 8.46. The van der Waals surface area contributed by atoms with E-state index >= 15 is 0 Å². The largest absolute Gasteiger partial charge is 0.353 e. The second-order valence-corrected chi connectivity index (χ2v) is 8.79. The molecule has 2 N–H and O–H groups in total. The minimum atomic E-state index is -0.133. The highest BCUT2D eigenvalue weighted by Crippen LogP contribution is 2.28. The molecule has 1 aromatic heterocycles. The third kappa shape index (κ3) is 4.43. The van der Waals surface area contributed by atoms with E-state index in [9.17, 15) is 4.79 Å². The van der Waals surface area contributed by atoms with Crippen molar-refractivity contribution in [2.75, 3.05) is 37.6 Å². The van der Waals surface area contributed by atoms with Gasteiger partial charge < -0.3 is 9.80 Å². The molecule has 2 unspecified atom stereocenters. The van der Waals surface area contributed by atoms with E-state index in [-0.39, 0.29) is 17.9 Å². The van der Waals surface area contributed by atoms with Crippen molar-refractivity contribution < 1.29 is 4.79 Å². The van der Waals surface area contributed by atoms with Crippen LogP contribution in [0.1, 0.15) is 42.9 Å². The molecule has 160 valence electrons. The number of anilines is 1. The second kappa shape index (κ2) is 8.88. The molecule has 0 saturated carbocycles. The second-order valence-electron chi connectivity index (χ2n) is 8.35.